The number of hydrogen-bond donors (Lipinski definition) is 2. The Kier molecular flexibility index (Phi) is 4.71. The highest BCUT2D eigenvalue weighted by molar-refractivity contribution is 7.92. The van der Waals surface area contributed by atoms with Gasteiger partial charge in [0.1, 0.15) is 0 Å². The average molecular weight is 387 g/mol. The van der Waals surface area contributed by atoms with Gasteiger partial charge in [0.25, 0.3) is 17.7 Å². The maximum absolute atomic E-state index is 12.4. The van der Waals surface area contributed by atoms with Crippen LogP contribution in [0.15, 0.2) is 42.5 Å². The van der Waals surface area contributed by atoms with Crippen LogP contribution < -0.4 is 10.0 Å². The molecule has 27 heavy (non-hydrogen) atoms. The van der Waals surface area contributed by atoms with E-state index < -0.39 is 27.7 Å². The molecule has 3 amide bonds. The summed E-state index contributed by atoms with van der Waals surface area (Å²) in [5.41, 5.74) is 1.65. The lowest BCUT2D eigenvalue weighted by molar-refractivity contribution is 0.0693. The molecule has 9 heteroatoms. The van der Waals surface area contributed by atoms with Crippen molar-refractivity contribution in [3.8, 4) is 0 Å². The summed E-state index contributed by atoms with van der Waals surface area (Å²) >= 11 is 0. The van der Waals surface area contributed by atoms with Crippen molar-refractivity contribution in [2.45, 2.75) is 6.54 Å². The van der Waals surface area contributed by atoms with Crippen molar-refractivity contribution in [1.82, 2.24) is 10.2 Å². The van der Waals surface area contributed by atoms with Gasteiger partial charge in [0.15, 0.2) is 0 Å². The summed E-state index contributed by atoms with van der Waals surface area (Å²) in [6.45, 7) is 0.0847. The number of nitrogens with zero attached hydrogens (tertiary/aromatic N) is 1. The minimum absolute atomic E-state index is 0.0847. The predicted octanol–water partition coefficient (Wildman–Crippen LogP) is 1.21. The van der Waals surface area contributed by atoms with E-state index in [0.717, 1.165) is 11.2 Å². The van der Waals surface area contributed by atoms with Crippen LogP contribution in [0.4, 0.5) is 5.69 Å². The zero-order valence-electron chi connectivity index (χ0n) is 14.6. The van der Waals surface area contributed by atoms with Gasteiger partial charge < -0.3 is 5.32 Å². The highest BCUT2D eigenvalue weighted by Crippen LogP contribution is 2.23. The van der Waals surface area contributed by atoms with Crippen LogP contribution in [-0.4, -0.2) is 44.3 Å². The van der Waals surface area contributed by atoms with Crippen molar-refractivity contribution >= 4 is 33.4 Å². The first-order valence-corrected chi connectivity index (χ1v) is 9.87. The SMILES string of the molecule is CN1C(=O)c2ccc(C(=O)NCc3ccccc3NS(C)(=O)=O)cc2C1=O. The lowest BCUT2D eigenvalue weighted by atomic mass is 10.1. The zero-order valence-corrected chi connectivity index (χ0v) is 15.5. The van der Waals surface area contributed by atoms with E-state index in [4.69, 9.17) is 0 Å². The maximum Gasteiger partial charge on any atom is 0.261 e. The molecule has 0 saturated carbocycles. The van der Waals surface area contributed by atoms with E-state index >= 15 is 0 Å². The van der Waals surface area contributed by atoms with Gasteiger partial charge >= 0.3 is 0 Å². The van der Waals surface area contributed by atoms with Crippen LogP contribution >= 0.6 is 0 Å². The number of sulfonamides is 1. The van der Waals surface area contributed by atoms with Crippen LogP contribution in [0.5, 0.6) is 0 Å². The standard InChI is InChI=1S/C18H17N3O5S/c1-21-17(23)13-8-7-11(9-14(13)18(21)24)16(22)19-10-12-5-3-4-6-15(12)20-27(2,25)26/h3-9,20H,10H2,1-2H3,(H,19,22). The van der Waals surface area contributed by atoms with Crippen LogP contribution in [0.25, 0.3) is 0 Å². The van der Waals surface area contributed by atoms with Crippen molar-refractivity contribution in [3.63, 3.8) is 0 Å². The van der Waals surface area contributed by atoms with Gasteiger partial charge in [0.05, 0.1) is 23.1 Å². The number of amides is 3. The summed E-state index contributed by atoms with van der Waals surface area (Å²) in [6.07, 6.45) is 1.04. The predicted molar refractivity (Wildman–Crippen MR) is 98.9 cm³/mol. The summed E-state index contributed by atoms with van der Waals surface area (Å²) in [5.74, 6) is -1.29. The van der Waals surface area contributed by atoms with Crippen molar-refractivity contribution in [3.05, 3.63) is 64.7 Å². The molecule has 2 aromatic rings. The summed E-state index contributed by atoms with van der Waals surface area (Å²) in [7, 11) is -2.07. The van der Waals surface area contributed by atoms with Gasteiger partial charge in [-0.15, -0.1) is 0 Å². The second kappa shape index (κ2) is 6.84. The summed E-state index contributed by atoms with van der Waals surface area (Å²) < 4.78 is 25.3. The molecule has 0 aromatic heterocycles. The summed E-state index contributed by atoms with van der Waals surface area (Å²) in [4.78, 5) is 37.4. The molecule has 0 spiro atoms. The number of carbonyl (C=O) groups is 3. The van der Waals surface area contributed by atoms with Crippen LogP contribution in [0.3, 0.4) is 0 Å². The minimum Gasteiger partial charge on any atom is -0.348 e. The zero-order chi connectivity index (χ0) is 19.8. The number of nitrogens with one attached hydrogen (secondary N) is 2. The van der Waals surface area contributed by atoms with Crippen molar-refractivity contribution in [2.75, 3.05) is 18.0 Å². The minimum atomic E-state index is -3.45. The fourth-order valence-corrected chi connectivity index (χ4v) is 3.35. The van der Waals surface area contributed by atoms with Gasteiger partial charge in [-0.2, -0.15) is 0 Å². The first-order valence-electron chi connectivity index (χ1n) is 7.97. The van der Waals surface area contributed by atoms with Crippen molar-refractivity contribution in [1.29, 1.82) is 0 Å². The van der Waals surface area contributed by atoms with Crippen LogP contribution in [0, 0.1) is 0 Å². The third-order valence-corrected chi connectivity index (χ3v) is 4.69. The third kappa shape index (κ3) is 3.82. The van der Waals surface area contributed by atoms with E-state index in [-0.39, 0.29) is 23.2 Å². The number of fused-ring (bicyclic) bond motifs is 1. The molecule has 140 valence electrons. The highest BCUT2D eigenvalue weighted by atomic mass is 32.2. The first-order chi connectivity index (χ1) is 12.7. The number of para-hydroxylation sites is 1. The van der Waals surface area contributed by atoms with Gasteiger partial charge in [-0.3, -0.25) is 24.0 Å². The number of rotatable bonds is 5. The molecule has 1 aliphatic heterocycles. The second-order valence-electron chi connectivity index (χ2n) is 6.14. The Morgan fingerprint density at radius 2 is 1.70 bits per heavy atom. The molecule has 1 aliphatic rings. The topological polar surface area (TPSA) is 113 Å². The van der Waals surface area contributed by atoms with Crippen LogP contribution in [0.2, 0.25) is 0 Å². The molecular weight excluding hydrogens is 370 g/mol. The van der Waals surface area contributed by atoms with Gasteiger partial charge in [-0.05, 0) is 29.8 Å². The largest absolute Gasteiger partial charge is 0.348 e. The fourth-order valence-electron chi connectivity index (χ4n) is 2.75. The lowest BCUT2D eigenvalue weighted by Crippen LogP contribution is -2.24. The second-order valence-corrected chi connectivity index (χ2v) is 7.89. The summed E-state index contributed by atoms with van der Waals surface area (Å²) in [5, 5.41) is 2.69. The van der Waals surface area contributed by atoms with E-state index in [1.54, 1.807) is 24.3 Å². The van der Waals surface area contributed by atoms with Crippen LogP contribution in [-0.2, 0) is 16.6 Å². The average Bonchev–Trinajstić information content (AvgIpc) is 2.83. The molecule has 8 nitrogen and oxygen atoms in total. The van der Waals surface area contributed by atoms with Crippen LogP contribution in [0.1, 0.15) is 36.6 Å². The number of anilines is 1. The van der Waals surface area contributed by atoms with E-state index in [0.29, 0.717) is 11.3 Å². The normalized spacial score (nSPS) is 13.5. The maximum atomic E-state index is 12.4. The molecule has 0 radical (unpaired) electrons. The Balaban J connectivity index is 1.77. The quantitative estimate of drug-likeness (QED) is 0.749. The number of carbonyl (C=O) groups excluding carboxylic acids is 3. The molecule has 2 N–H and O–H groups in total. The molecule has 0 saturated heterocycles. The van der Waals surface area contributed by atoms with Gasteiger partial charge in [-0.25, -0.2) is 8.42 Å². The Bertz CT molecular complexity index is 1060. The molecule has 0 bridgehead atoms. The first kappa shape index (κ1) is 18.6. The smallest absolute Gasteiger partial charge is 0.261 e. The van der Waals surface area contributed by atoms with Crippen molar-refractivity contribution in [2.24, 2.45) is 0 Å². The third-order valence-electron chi connectivity index (χ3n) is 4.10. The van der Waals surface area contributed by atoms with Gasteiger partial charge in [0, 0.05) is 19.2 Å². The van der Waals surface area contributed by atoms with E-state index in [9.17, 15) is 22.8 Å². The number of hydrogen-bond acceptors (Lipinski definition) is 5. The molecule has 3 rings (SSSR count). The fraction of sp³-hybridized carbons (Fsp3) is 0.167. The van der Waals surface area contributed by atoms with E-state index in [2.05, 4.69) is 10.0 Å². The monoisotopic (exact) mass is 387 g/mol. The summed E-state index contributed by atoms with van der Waals surface area (Å²) in [6, 6.07) is 11.0. The van der Waals surface area contributed by atoms with Gasteiger partial charge in [-0.1, -0.05) is 18.2 Å². The Labute approximate surface area is 156 Å². The molecule has 0 aliphatic carbocycles. The van der Waals surface area contributed by atoms with Crippen molar-refractivity contribution < 1.29 is 22.8 Å². The highest BCUT2D eigenvalue weighted by Gasteiger charge is 2.33. The molecule has 0 atom stereocenters. The molecule has 1 heterocycles. The lowest BCUT2D eigenvalue weighted by Gasteiger charge is -2.11. The number of benzene rings is 2. The molecule has 0 fully saturated rings. The van der Waals surface area contributed by atoms with E-state index in [1.165, 1.54) is 25.2 Å². The Morgan fingerprint density at radius 3 is 2.41 bits per heavy atom. The Morgan fingerprint density at radius 1 is 1.04 bits per heavy atom. The number of imide groups is 1. The van der Waals surface area contributed by atoms with Gasteiger partial charge in [0.2, 0.25) is 10.0 Å². The molecule has 2 aromatic carbocycles. The molecule has 0 unspecified atom stereocenters. The molecular formula is C18H17N3O5S. The Hall–Kier alpha value is -3.20. The van der Waals surface area contributed by atoms with E-state index in [1.807, 2.05) is 0 Å².